The van der Waals surface area contributed by atoms with Gasteiger partial charge in [-0.05, 0) is 68.8 Å². The van der Waals surface area contributed by atoms with Crippen molar-refractivity contribution in [3.8, 4) is 0 Å². The second-order valence-corrected chi connectivity index (χ2v) is 6.93. The molecule has 2 fully saturated rings. The summed E-state index contributed by atoms with van der Waals surface area (Å²) in [4.78, 5) is 2.32. The van der Waals surface area contributed by atoms with E-state index in [0.717, 1.165) is 44.6 Å². The van der Waals surface area contributed by atoms with E-state index in [1.165, 1.54) is 25.3 Å². The van der Waals surface area contributed by atoms with Gasteiger partial charge in [-0.3, -0.25) is 0 Å². The number of nitrogens with zero attached hydrogens (tertiary/aromatic N) is 1. The molecule has 1 aromatic carbocycles. The first-order chi connectivity index (χ1) is 10.9. The second-order valence-electron chi connectivity index (χ2n) is 6.93. The molecule has 0 amide bonds. The first kappa shape index (κ1) is 16.8. The SMILES string of the molecule is OC(CCN1CCCCC1)(c1cccc(C(F)(F)F)c1)C1CC1. The number of aliphatic hydroxyl groups is 1. The van der Waals surface area contributed by atoms with Crippen LogP contribution in [0.5, 0.6) is 0 Å². The zero-order chi connectivity index (χ0) is 16.5. The van der Waals surface area contributed by atoms with Crippen LogP contribution in [-0.4, -0.2) is 29.6 Å². The van der Waals surface area contributed by atoms with Crippen molar-refractivity contribution in [1.29, 1.82) is 0 Å². The predicted molar refractivity (Wildman–Crippen MR) is 83.0 cm³/mol. The number of benzene rings is 1. The minimum atomic E-state index is -4.37. The molecular formula is C18H24F3NO. The summed E-state index contributed by atoms with van der Waals surface area (Å²) in [5.74, 6) is 0.0933. The van der Waals surface area contributed by atoms with Crippen molar-refractivity contribution < 1.29 is 18.3 Å². The summed E-state index contributed by atoms with van der Waals surface area (Å²) in [6.45, 7) is 2.82. The molecule has 0 aromatic heterocycles. The Balaban J connectivity index is 1.77. The van der Waals surface area contributed by atoms with Crippen molar-refractivity contribution in [2.24, 2.45) is 5.92 Å². The summed E-state index contributed by atoms with van der Waals surface area (Å²) < 4.78 is 38.9. The molecule has 1 unspecified atom stereocenters. The second kappa shape index (κ2) is 6.44. The molecule has 0 radical (unpaired) electrons. The highest BCUT2D eigenvalue weighted by atomic mass is 19.4. The molecule has 2 nitrogen and oxygen atoms in total. The Kier molecular flexibility index (Phi) is 4.70. The standard InChI is InChI=1S/C18H24F3NO/c19-18(20,21)16-6-4-5-15(13-16)17(23,14-7-8-14)9-12-22-10-2-1-3-11-22/h4-6,13-14,23H,1-3,7-12H2. The fourth-order valence-electron chi connectivity index (χ4n) is 3.62. The van der Waals surface area contributed by atoms with E-state index < -0.39 is 17.3 Å². The van der Waals surface area contributed by atoms with E-state index in [9.17, 15) is 18.3 Å². The number of hydrogen-bond donors (Lipinski definition) is 1. The highest BCUT2D eigenvalue weighted by Crippen LogP contribution is 2.48. The first-order valence-electron chi connectivity index (χ1n) is 8.52. The lowest BCUT2D eigenvalue weighted by Crippen LogP contribution is -2.37. The molecule has 1 N–H and O–H groups in total. The third-order valence-electron chi connectivity index (χ3n) is 5.20. The molecule has 1 aliphatic carbocycles. The van der Waals surface area contributed by atoms with Gasteiger partial charge in [0.25, 0.3) is 0 Å². The Bertz CT molecular complexity index is 535. The van der Waals surface area contributed by atoms with E-state index in [0.29, 0.717) is 12.0 Å². The minimum Gasteiger partial charge on any atom is -0.385 e. The van der Waals surface area contributed by atoms with E-state index in [4.69, 9.17) is 0 Å². The Hall–Kier alpha value is -1.07. The number of halogens is 3. The highest BCUT2D eigenvalue weighted by Gasteiger charge is 2.45. The van der Waals surface area contributed by atoms with Crippen molar-refractivity contribution >= 4 is 0 Å². The molecule has 1 atom stereocenters. The normalized spacial score (nSPS) is 22.8. The van der Waals surface area contributed by atoms with Gasteiger partial charge in [-0.15, -0.1) is 0 Å². The monoisotopic (exact) mass is 327 g/mol. The maximum Gasteiger partial charge on any atom is 0.416 e. The molecular weight excluding hydrogens is 303 g/mol. The summed E-state index contributed by atoms with van der Waals surface area (Å²) in [6, 6.07) is 5.26. The Morgan fingerprint density at radius 2 is 1.70 bits per heavy atom. The van der Waals surface area contributed by atoms with Gasteiger partial charge in [-0.25, -0.2) is 0 Å². The van der Waals surface area contributed by atoms with Crippen LogP contribution in [0.3, 0.4) is 0 Å². The molecule has 1 saturated carbocycles. The number of piperidine rings is 1. The third kappa shape index (κ3) is 3.89. The molecule has 2 aliphatic rings. The summed E-state index contributed by atoms with van der Waals surface area (Å²) in [6.07, 6.45) is 1.53. The Morgan fingerprint density at radius 3 is 2.30 bits per heavy atom. The zero-order valence-corrected chi connectivity index (χ0v) is 13.3. The van der Waals surface area contributed by atoms with Gasteiger partial charge in [0.1, 0.15) is 0 Å². The first-order valence-corrected chi connectivity index (χ1v) is 8.52. The zero-order valence-electron chi connectivity index (χ0n) is 13.3. The molecule has 1 aliphatic heterocycles. The molecule has 128 valence electrons. The smallest absolute Gasteiger partial charge is 0.385 e. The van der Waals surface area contributed by atoms with Crippen LogP contribution in [0.1, 0.15) is 49.7 Å². The van der Waals surface area contributed by atoms with Crippen LogP contribution < -0.4 is 0 Å². The maximum absolute atomic E-state index is 13.0. The summed E-state index contributed by atoms with van der Waals surface area (Å²) in [5, 5.41) is 11.1. The van der Waals surface area contributed by atoms with Crippen LogP contribution in [0.2, 0.25) is 0 Å². The van der Waals surface area contributed by atoms with Gasteiger partial charge in [0.2, 0.25) is 0 Å². The van der Waals surface area contributed by atoms with Gasteiger partial charge in [0.05, 0.1) is 11.2 Å². The largest absolute Gasteiger partial charge is 0.416 e. The number of alkyl halides is 3. The van der Waals surface area contributed by atoms with Crippen molar-refractivity contribution in [1.82, 2.24) is 4.90 Å². The molecule has 0 spiro atoms. The molecule has 3 rings (SSSR count). The van der Waals surface area contributed by atoms with E-state index in [1.807, 2.05) is 0 Å². The molecule has 1 heterocycles. The van der Waals surface area contributed by atoms with Gasteiger partial charge in [0, 0.05) is 6.54 Å². The third-order valence-corrected chi connectivity index (χ3v) is 5.20. The van der Waals surface area contributed by atoms with Gasteiger partial charge < -0.3 is 10.0 Å². The summed E-state index contributed by atoms with van der Waals surface area (Å²) >= 11 is 0. The van der Waals surface area contributed by atoms with Crippen molar-refractivity contribution in [2.75, 3.05) is 19.6 Å². The van der Waals surface area contributed by atoms with E-state index in [-0.39, 0.29) is 5.92 Å². The molecule has 23 heavy (non-hydrogen) atoms. The molecule has 5 heteroatoms. The van der Waals surface area contributed by atoms with Gasteiger partial charge in [-0.2, -0.15) is 13.2 Å². The van der Waals surface area contributed by atoms with Crippen molar-refractivity contribution in [3.63, 3.8) is 0 Å². The Morgan fingerprint density at radius 1 is 1.04 bits per heavy atom. The predicted octanol–water partition coefficient (Wildman–Crippen LogP) is 4.18. The lowest BCUT2D eigenvalue weighted by atomic mass is 9.84. The average molecular weight is 327 g/mol. The average Bonchev–Trinajstić information content (AvgIpc) is 3.38. The Labute approximate surface area is 135 Å². The highest BCUT2D eigenvalue weighted by molar-refractivity contribution is 5.31. The van der Waals surface area contributed by atoms with Gasteiger partial charge >= 0.3 is 6.18 Å². The van der Waals surface area contributed by atoms with Crippen molar-refractivity contribution in [2.45, 2.75) is 50.3 Å². The summed E-state index contributed by atoms with van der Waals surface area (Å²) in [5.41, 5.74) is -1.38. The maximum atomic E-state index is 13.0. The number of hydrogen-bond acceptors (Lipinski definition) is 2. The van der Waals surface area contributed by atoms with Crippen LogP contribution in [0, 0.1) is 5.92 Å². The quantitative estimate of drug-likeness (QED) is 0.877. The number of rotatable bonds is 5. The minimum absolute atomic E-state index is 0.0933. The van der Waals surface area contributed by atoms with Crippen molar-refractivity contribution in [3.05, 3.63) is 35.4 Å². The van der Waals surface area contributed by atoms with Gasteiger partial charge in [0.15, 0.2) is 0 Å². The molecule has 0 bridgehead atoms. The van der Waals surface area contributed by atoms with Crippen LogP contribution in [0.25, 0.3) is 0 Å². The fraction of sp³-hybridized carbons (Fsp3) is 0.667. The topological polar surface area (TPSA) is 23.5 Å². The fourth-order valence-corrected chi connectivity index (χ4v) is 3.62. The summed E-state index contributed by atoms with van der Waals surface area (Å²) in [7, 11) is 0. The van der Waals surface area contributed by atoms with Crippen LogP contribution >= 0.6 is 0 Å². The van der Waals surface area contributed by atoms with Gasteiger partial charge in [-0.1, -0.05) is 18.6 Å². The van der Waals surface area contributed by atoms with E-state index in [2.05, 4.69) is 4.90 Å². The van der Waals surface area contributed by atoms with E-state index in [1.54, 1.807) is 6.07 Å². The van der Waals surface area contributed by atoms with Crippen LogP contribution in [0.4, 0.5) is 13.2 Å². The lowest BCUT2D eigenvalue weighted by molar-refractivity contribution is -0.137. The number of likely N-dealkylation sites (tertiary alicyclic amines) is 1. The molecule has 1 saturated heterocycles. The molecule has 1 aromatic rings. The lowest BCUT2D eigenvalue weighted by Gasteiger charge is -2.34. The van der Waals surface area contributed by atoms with Crippen LogP contribution in [0.15, 0.2) is 24.3 Å². The van der Waals surface area contributed by atoms with E-state index >= 15 is 0 Å². The van der Waals surface area contributed by atoms with Crippen LogP contribution in [-0.2, 0) is 11.8 Å².